The van der Waals surface area contributed by atoms with Gasteiger partial charge in [-0.25, -0.2) is 0 Å². The van der Waals surface area contributed by atoms with Gasteiger partial charge < -0.3 is 10.1 Å². The average molecular weight is 250 g/mol. The third-order valence-electron chi connectivity index (χ3n) is 2.88. The van der Waals surface area contributed by atoms with Crippen molar-refractivity contribution in [2.45, 2.75) is 38.8 Å². The van der Waals surface area contributed by atoms with Gasteiger partial charge in [-0.3, -0.25) is 10.1 Å². The van der Waals surface area contributed by atoms with Gasteiger partial charge in [-0.05, 0) is 25.3 Å². The topological polar surface area (TPSA) is 64.4 Å². The van der Waals surface area contributed by atoms with E-state index in [1.54, 1.807) is 12.1 Å². The molecular formula is C13H18N2O3. The molecule has 0 aliphatic heterocycles. The predicted octanol–water partition coefficient (Wildman–Crippen LogP) is 2.64. The number of nitro benzene ring substituents is 1. The molecule has 0 aromatic heterocycles. The van der Waals surface area contributed by atoms with E-state index in [2.05, 4.69) is 5.32 Å². The molecule has 18 heavy (non-hydrogen) atoms. The van der Waals surface area contributed by atoms with E-state index >= 15 is 0 Å². The van der Waals surface area contributed by atoms with Crippen LogP contribution in [0.3, 0.4) is 0 Å². The first-order chi connectivity index (χ1) is 8.70. The van der Waals surface area contributed by atoms with Gasteiger partial charge in [-0.1, -0.05) is 6.92 Å². The Balaban J connectivity index is 2.11. The summed E-state index contributed by atoms with van der Waals surface area (Å²) in [4.78, 5) is 10.4. The maximum atomic E-state index is 10.8. The number of hydrogen-bond donors (Lipinski definition) is 1. The number of nitrogens with zero attached hydrogens (tertiary/aromatic N) is 1. The highest BCUT2D eigenvalue weighted by molar-refractivity contribution is 5.43. The zero-order valence-corrected chi connectivity index (χ0v) is 10.5. The number of nitrogens with one attached hydrogen (secondary N) is 1. The first kappa shape index (κ1) is 12.8. The molecule has 0 bridgehead atoms. The van der Waals surface area contributed by atoms with Crippen LogP contribution < -0.4 is 10.1 Å². The van der Waals surface area contributed by atoms with Crippen molar-refractivity contribution in [2.75, 3.05) is 6.61 Å². The molecule has 2 rings (SSSR count). The first-order valence-corrected chi connectivity index (χ1v) is 6.34. The average Bonchev–Trinajstić information content (AvgIpc) is 3.18. The predicted molar refractivity (Wildman–Crippen MR) is 68.7 cm³/mol. The summed E-state index contributed by atoms with van der Waals surface area (Å²) in [6, 6.07) is 5.35. The summed E-state index contributed by atoms with van der Waals surface area (Å²) in [6.07, 6.45) is 3.31. The van der Waals surface area contributed by atoms with Crippen LogP contribution in [0.25, 0.3) is 0 Å². The van der Waals surface area contributed by atoms with E-state index in [9.17, 15) is 10.1 Å². The van der Waals surface area contributed by atoms with Crippen molar-refractivity contribution in [1.82, 2.24) is 5.32 Å². The van der Waals surface area contributed by atoms with Gasteiger partial charge in [-0.15, -0.1) is 0 Å². The van der Waals surface area contributed by atoms with Crippen molar-refractivity contribution >= 4 is 5.69 Å². The minimum atomic E-state index is -0.371. The molecule has 1 N–H and O–H groups in total. The summed E-state index contributed by atoms with van der Waals surface area (Å²) in [5, 5.41) is 14.1. The van der Waals surface area contributed by atoms with Gasteiger partial charge in [-0.2, -0.15) is 0 Å². The maximum absolute atomic E-state index is 10.8. The molecule has 5 heteroatoms. The molecule has 0 heterocycles. The minimum Gasteiger partial charge on any atom is -0.493 e. The van der Waals surface area contributed by atoms with Crippen molar-refractivity contribution in [3.8, 4) is 5.75 Å². The molecule has 0 radical (unpaired) electrons. The lowest BCUT2D eigenvalue weighted by Gasteiger charge is -2.11. The Bertz CT molecular complexity index is 430. The molecular weight excluding hydrogens is 232 g/mol. The first-order valence-electron chi connectivity index (χ1n) is 6.34. The maximum Gasteiger partial charge on any atom is 0.270 e. The standard InChI is InChI=1S/C13H18N2O3/c1-2-7-18-13-6-5-12(15(16)17)8-10(13)9-14-11-3-4-11/h5-6,8,11,14H,2-4,7,9H2,1H3. The Morgan fingerprint density at radius 1 is 1.50 bits per heavy atom. The van der Waals surface area contributed by atoms with Crippen LogP contribution in [0.15, 0.2) is 18.2 Å². The SMILES string of the molecule is CCCOc1ccc([N+](=O)[O-])cc1CNC1CC1. The van der Waals surface area contributed by atoms with Crippen LogP contribution >= 0.6 is 0 Å². The molecule has 0 unspecified atom stereocenters. The second kappa shape index (κ2) is 5.82. The summed E-state index contributed by atoms with van der Waals surface area (Å²) >= 11 is 0. The molecule has 1 fully saturated rings. The molecule has 0 amide bonds. The second-order valence-corrected chi connectivity index (χ2v) is 4.55. The normalized spacial score (nSPS) is 14.5. The monoisotopic (exact) mass is 250 g/mol. The highest BCUT2D eigenvalue weighted by Crippen LogP contribution is 2.26. The van der Waals surface area contributed by atoms with Crippen LogP contribution in [0, 0.1) is 10.1 Å². The summed E-state index contributed by atoms with van der Waals surface area (Å²) in [7, 11) is 0. The van der Waals surface area contributed by atoms with Crippen molar-refractivity contribution in [2.24, 2.45) is 0 Å². The van der Waals surface area contributed by atoms with E-state index in [1.807, 2.05) is 6.92 Å². The zero-order chi connectivity index (χ0) is 13.0. The van der Waals surface area contributed by atoms with Crippen LogP contribution in [0.2, 0.25) is 0 Å². The van der Waals surface area contributed by atoms with Gasteiger partial charge >= 0.3 is 0 Å². The van der Waals surface area contributed by atoms with Gasteiger partial charge in [0.15, 0.2) is 0 Å². The Hall–Kier alpha value is -1.62. The fourth-order valence-corrected chi connectivity index (χ4v) is 1.71. The van der Waals surface area contributed by atoms with Gasteiger partial charge in [0.1, 0.15) is 5.75 Å². The quantitative estimate of drug-likeness (QED) is 0.597. The zero-order valence-electron chi connectivity index (χ0n) is 10.5. The van der Waals surface area contributed by atoms with E-state index in [0.29, 0.717) is 19.2 Å². The molecule has 1 aromatic rings. The Morgan fingerprint density at radius 3 is 2.89 bits per heavy atom. The minimum absolute atomic E-state index is 0.117. The summed E-state index contributed by atoms with van der Waals surface area (Å²) < 4.78 is 5.61. The van der Waals surface area contributed by atoms with E-state index in [1.165, 1.54) is 18.9 Å². The Morgan fingerprint density at radius 2 is 2.28 bits per heavy atom. The van der Waals surface area contributed by atoms with Gasteiger partial charge in [0.2, 0.25) is 0 Å². The Kier molecular flexibility index (Phi) is 4.15. The molecule has 0 spiro atoms. The molecule has 0 atom stereocenters. The smallest absolute Gasteiger partial charge is 0.270 e. The van der Waals surface area contributed by atoms with Crippen molar-refractivity contribution in [3.63, 3.8) is 0 Å². The number of nitro groups is 1. The highest BCUT2D eigenvalue weighted by Gasteiger charge is 2.21. The fraction of sp³-hybridized carbons (Fsp3) is 0.538. The van der Waals surface area contributed by atoms with Gasteiger partial charge in [0.25, 0.3) is 5.69 Å². The molecule has 1 aliphatic rings. The van der Waals surface area contributed by atoms with Crippen LogP contribution in [-0.2, 0) is 6.54 Å². The molecule has 98 valence electrons. The largest absolute Gasteiger partial charge is 0.493 e. The molecule has 5 nitrogen and oxygen atoms in total. The summed E-state index contributed by atoms with van der Waals surface area (Å²) in [6.45, 7) is 3.30. The number of rotatable bonds is 7. The third-order valence-corrected chi connectivity index (χ3v) is 2.88. The molecule has 1 aliphatic carbocycles. The Labute approximate surface area is 106 Å². The van der Waals surface area contributed by atoms with E-state index < -0.39 is 0 Å². The number of hydrogen-bond acceptors (Lipinski definition) is 4. The van der Waals surface area contributed by atoms with Crippen molar-refractivity contribution < 1.29 is 9.66 Å². The van der Waals surface area contributed by atoms with Crippen molar-refractivity contribution in [1.29, 1.82) is 0 Å². The number of benzene rings is 1. The van der Waals surface area contributed by atoms with E-state index in [-0.39, 0.29) is 10.6 Å². The summed E-state index contributed by atoms with van der Waals surface area (Å²) in [5.41, 5.74) is 0.982. The highest BCUT2D eigenvalue weighted by atomic mass is 16.6. The number of ether oxygens (including phenoxy) is 1. The third kappa shape index (κ3) is 3.43. The lowest BCUT2D eigenvalue weighted by atomic mass is 10.1. The van der Waals surface area contributed by atoms with E-state index in [4.69, 9.17) is 4.74 Å². The number of non-ortho nitro benzene ring substituents is 1. The molecule has 1 saturated carbocycles. The van der Waals surface area contributed by atoms with Crippen molar-refractivity contribution in [3.05, 3.63) is 33.9 Å². The summed E-state index contributed by atoms with van der Waals surface area (Å²) in [5.74, 6) is 0.746. The second-order valence-electron chi connectivity index (χ2n) is 4.55. The van der Waals surface area contributed by atoms with Crippen LogP contribution in [0.4, 0.5) is 5.69 Å². The lowest BCUT2D eigenvalue weighted by Crippen LogP contribution is -2.16. The van der Waals surface area contributed by atoms with Crippen LogP contribution in [0.1, 0.15) is 31.7 Å². The molecule has 1 aromatic carbocycles. The van der Waals surface area contributed by atoms with Crippen LogP contribution in [-0.4, -0.2) is 17.6 Å². The van der Waals surface area contributed by atoms with Gasteiger partial charge in [0.05, 0.1) is 11.5 Å². The molecule has 0 saturated heterocycles. The van der Waals surface area contributed by atoms with Crippen LogP contribution in [0.5, 0.6) is 5.75 Å². The fourth-order valence-electron chi connectivity index (χ4n) is 1.71. The van der Waals surface area contributed by atoms with Gasteiger partial charge in [0, 0.05) is 30.3 Å². The van der Waals surface area contributed by atoms with E-state index in [0.717, 1.165) is 17.7 Å². The lowest BCUT2D eigenvalue weighted by molar-refractivity contribution is -0.384.